The zero-order chi connectivity index (χ0) is 31.1. The molecule has 226 valence electrons. The zero-order valence-corrected chi connectivity index (χ0v) is 26.1. The van der Waals surface area contributed by atoms with Gasteiger partial charge >= 0.3 is 5.91 Å². The number of nitrogens with zero attached hydrogens (tertiary/aromatic N) is 2. The van der Waals surface area contributed by atoms with Gasteiger partial charge in [0.15, 0.2) is 17.3 Å². The van der Waals surface area contributed by atoms with Gasteiger partial charge in [-0.25, -0.2) is 9.82 Å². The van der Waals surface area contributed by atoms with Gasteiger partial charge in [0.2, 0.25) is 0 Å². The van der Waals surface area contributed by atoms with Crippen LogP contribution in [0.2, 0.25) is 0 Å². The van der Waals surface area contributed by atoms with E-state index in [0.29, 0.717) is 45.2 Å². The van der Waals surface area contributed by atoms with Gasteiger partial charge in [0.1, 0.15) is 30.5 Å². The maximum atomic E-state index is 14.0. The number of amides is 1. The number of benzene rings is 3. The minimum absolute atomic E-state index is 0.0406. The average molecular weight is 661 g/mol. The third-order valence-electron chi connectivity index (χ3n) is 6.71. The Hall–Kier alpha value is -4.83. The van der Waals surface area contributed by atoms with Crippen LogP contribution in [0.4, 0.5) is 4.39 Å². The van der Waals surface area contributed by atoms with Crippen LogP contribution in [-0.2, 0) is 13.2 Å². The van der Waals surface area contributed by atoms with Crippen molar-refractivity contribution in [2.45, 2.75) is 34.0 Å². The number of hydrogen-bond donors (Lipinski definition) is 1. The fourth-order valence-corrected chi connectivity index (χ4v) is 4.94. The van der Waals surface area contributed by atoms with Crippen LogP contribution in [0.5, 0.6) is 17.2 Å². The molecule has 0 aliphatic carbocycles. The second-order valence-corrected chi connectivity index (χ2v) is 10.7. The average Bonchev–Trinajstić information content (AvgIpc) is 3.63. The van der Waals surface area contributed by atoms with Gasteiger partial charge in [-0.2, -0.15) is 5.10 Å². The molecule has 0 atom stereocenters. The molecule has 5 aromatic rings. The normalized spacial score (nSPS) is 11.1. The zero-order valence-electron chi connectivity index (χ0n) is 24.5. The summed E-state index contributed by atoms with van der Waals surface area (Å²) in [5.74, 6) is 1.32. The number of carbonyl (C=O) groups excluding carboxylic acids is 1. The molecule has 0 saturated heterocycles. The number of furan rings is 1. The van der Waals surface area contributed by atoms with Gasteiger partial charge in [0.25, 0.3) is 0 Å². The van der Waals surface area contributed by atoms with Crippen molar-refractivity contribution in [3.8, 4) is 22.9 Å². The van der Waals surface area contributed by atoms with Crippen LogP contribution in [0.1, 0.15) is 45.8 Å². The molecule has 1 N–H and O–H groups in total. The minimum atomic E-state index is -0.514. The molecular formula is C34H31BrFN3O5. The lowest BCUT2D eigenvalue weighted by atomic mass is 10.2. The quantitative estimate of drug-likeness (QED) is 0.109. The number of halogens is 2. The highest BCUT2D eigenvalue weighted by molar-refractivity contribution is 9.10. The van der Waals surface area contributed by atoms with Crippen LogP contribution in [0.15, 0.2) is 98.9 Å². The number of nitrogens with one attached hydrogen (secondary N) is 1. The van der Waals surface area contributed by atoms with E-state index in [-0.39, 0.29) is 24.8 Å². The lowest BCUT2D eigenvalue weighted by molar-refractivity contribution is 0.0923. The van der Waals surface area contributed by atoms with E-state index < -0.39 is 5.91 Å². The summed E-state index contributed by atoms with van der Waals surface area (Å²) in [6.45, 7) is 6.58. The third kappa shape index (κ3) is 7.38. The van der Waals surface area contributed by atoms with Gasteiger partial charge in [0.05, 0.1) is 12.8 Å². The highest BCUT2D eigenvalue weighted by Crippen LogP contribution is 2.34. The number of ether oxygens (including phenoxy) is 3. The van der Waals surface area contributed by atoms with E-state index in [1.165, 1.54) is 12.3 Å². The first-order chi connectivity index (χ1) is 21.3. The maximum absolute atomic E-state index is 14.0. The second kappa shape index (κ2) is 14.1. The lowest BCUT2D eigenvalue weighted by Gasteiger charge is -2.14. The van der Waals surface area contributed by atoms with E-state index in [4.69, 9.17) is 18.6 Å². The van der Waals surface area contributed by atoms with E-state index in [1.54, 1.807) is 42.5 Å². The Morgan fingerprint density at radius 3 is 2.39 bits per heavy atom. The van der Waals surface area contributed by atoms with Crippen molar-refractivity contribution >= 4 is 28.1 Å². The van der Waals surface area contributed by atoms with E-state index in [0.717, 1.165) is 17.1 Å². The molecule has 0 saturated carbocycles. The largest absolute Gasteiger partial charge is 0.490 e. The Balaban J connectivity index is 1.16. The van der Waals surface area contributed by atoms with Crippen molar-refractivity contribution in [3.05, 3.63) is 129 Å². The number of hydrogen-bond acceptors (Lipinski definition) is 6. The summed E-state index contributed by atoms with van der Waals surface area (Å²) in [6.07, 6.45) is 1.47. The third-order valence-corrected chi connectivity index (χ3v) is 7.39. The summed E-state index contributed by atoms with van der Waals surface area (Å²) in [7, 11) is 0. The minimum Gasteiger partial charge on any atom is -0.490 e. The fourth-order valence-electron chi connectivity index (χ4n) is 4.52. The first-order valence-corrected chi connectivity index (χ1v) is 14.7. The molecule has 0 aliphatic heterocycles. The number of hydrazone groups is 1. The topological polar surface area (TPSA) is 87.2 Å². The van der Waals surface area contributed by atoms with Gasteiger partial charge in [-0.1, -0.05) is 18.2 Å². The SMILES string of the molecule is CCOc1cc(/C=N/NC(=O)c2ccc(COc3ccc(-n4c(C)ccc4C)cc3)o2)c(Br)cc1OCc1ccccc1F. The molecule has 0 aliphatic rings. The number of aryl methyl sites for hydroxylation is 2. The smallest absolute Gasteiger partial charge is 0.307 e. The number of rotatable bonds is 12. The van der Waals surface area contributed by atoms with E-state index in [1.807, 2.05) is 31.2 Å². The Morgan fingerprint density at radius 2 is 1.66 bits per heavy atom. The summed E-state index contributed by atoms with van der Waals surface area (Å²) in [4.78, 5) is 12.6. The first kappa shape index (κ1) is 30.6. The predicted molar refractivity (Wildman–Crippen MR) is 169 cm³/mol. The summed E-state index contributed by atoms with van der Waals surface area (Å²) >= 11 is 3.50. The summed E-state index contributed by atoms with van der Waals surface area (Å²) in [5, 5.41) is 4.07. The molecule has 8 nitrogen and oxygen atoms in total. The maximum Gasteiger partial charge on any atom is 0.307 e. The molecule has 3 aromatic carbocycles. The molecule has 5 rings (SSSR count). The van der Waals surface area contributed by atoms with Crippen LogP contribution in [-0.4, -0.2) is 23.3 Å². The molecule has 10 heteroatoms. The number of aromatic nitrogens is 1. The van der Waals surface area contributed by atoms with Crippen molar-refractivity contribution in [3.63, 3.8) is 0 Å². The highest BCUT2D eigenvalue weighted by atomic mass is 79.9. The summed E-state index contributed by atoms with van der Waals surface area (Å²) < 4.78 is 39.9. The van der Waals surface area contributed by atoms with Gasteiger partial charge in [0, 0.05) is 32.7 Å². The van der Waals surface area contributed by atoms with E-state index >= 15 is 0 Å². The van der Waals surface area contributed by atoms with Crippen molar-refractivity contribution < 1.29 is 27.8 Å². The molecular weight excluding hydrogens is 629 g/mol. The molecule has 2 heterocycles. The Labute approximate surface area is 263 Å². The van der Waals surface area contributed by atoms with Gasteiger partial charge in [-0.05, 0) is 103 Å². The van der Waals surface area contributed by atoms with E-state index in [2.05, 4.69) is 57.0 Å². The molecule has 0 bridgehead atoms. The van der Waals surface area contributed by atoms with E-state index in [9.17, 15) is 9.18 Å². The molecule has 0 unspecified atom stereocenters. The Kier molecular flexibility index (Phi) is 9.81. The fraction of sp³-hybridized carbons (Fsp3) is 0.176. The predicted octanol–water partition coefficient (Wildman–Crippen LogP) is 7.91. The number of carbonyl (C=O) groups is 1. The Bertz CT molecular complexity index is 1760. The van der Waals surface area contributed by atoms with Gasteiger partial charge in [-0.3, -0.25) is 4.79 Å². The summed E-state index contributed by atoms with van der Waals surface area (Å²) in [5.41, 5.74) is 6.90. The van der Waals surface area contributed by atoms with Crippen molar-refractivity contribution in [1.29, 1.82) is 0 Å². The van der Waals surface area contributed by atoms with Crippen LogP contribution >= 0.6 is 15.9 Å². The summed E-state index contributed by atoms with van der Waals surface area (Å²) in [6, 6.07) is 25.1. The monoisotopic (exact) mass is 659 g/mol. The van der Waals surface area contributed by atoms with Crippen LogP contribution in [0.25, 0.3) is 5.69 Å². The van der Waals surface area contributed by atoms with Crippen LogP contribution in [0.3, 0.4) is 0 Å². The molecule has 1 amide bonds. The van der Waals surface area contributed by atoms with Crippen molar-refractivity contribution in [1.82, 2.24) is 9.99 Å². The molecule has 0 radical (unpaired) electrons. The highest BCUT2D eigenvalue weighted by Gasteiger charge is 2.14. The first-order valence-electron chi connectivity index (χ1n) is 13.9. The lowest BCUT2D eigenvalue weighted by Crippen LogP contribution is -2.16. The van der Waals surface area contributed by atoms with Gasteiger partial charge < -0.3 is 23.2 Å². The molecule has 0 spiro atoms. The van der Waals surface area contributed by atoms with Gasteiger partial charge in [-0.15, -0.1) is 0 Å². The molecule has 0 fully saturated rings. The van der Waals surface area contributed by atoms with Crippen molar-refractivity contribution in [2.75, 3.05) is 6.61 Å². The van der Waals surface area contributed by atoms with Crippen LogP contribution in [0, 0.1) is 19.7 Å². The van der Waals surface area contributed by atoms with Crippen molar-refractivity contribution in [2.24, 2.45) is 5.10 Å². The molecule has 2 aromatic heterocycles. The van der Waals surface area contributed by atoms with Crippen LogP contribution < -0.4 is 19.6 Å². The Morgan fingerprint density at radius 1 is 0.932 bits per heavy atom. The standard InChI is InChI=1S/C34H31BrFN3O5/c1-4-41-32-17-25(29(35)18-33(32)43-20-24-7-5-6-8-30(24)36)19-37-38-34(40)31-16-15-28(44-31)21-42-27-13-11-26(12-14-27)39-22(2)9-10-23(39)3/h5-19H,4,20-21H2,1-3H3,(H,38,40)/b37-19+. The second-order valence-electron chi connectivity index (χ2n) is 9.83. The molecule has 44 heavy (non-hydrogen) atoms.